The molecule has 4 nitrogen and oxygen atoms in total. The summed E-state index contributed by atoms with van der Waals surface area (Å²) in [6.45, 7) is 2.48. The average Bonchev–Trinajstić information content (AvgIpc) is 3.00. The zero-order valence-electron chi connectivity index (χ0n) is 14.4. The number of hydrogen-bond acceptors (Lipinski definition) is 2. The molecule has 128 valence electrons. The molecule has 1 aliphatic rings. The van der Waals surface area contributed by atoms with Crippen molar-refractivity contribution in [1.29, 1.82) is 0 Å². The summed E-state index contributed by atoms with van der Waals surface area (Å²) in [5, 5.41) is 2.90. The summed E-state index contributed by atoms with van der Waals surface area (Å²) in [5.74, 6) is -0.127. The van der Waals surface area contributed by atoms with Gasteiger partial charge in [0, 0.05) is 22.5 Å². The summed E-state index contributed by atoms with van der Waals surface area (Å²) in [6.07, 6.45) is 0. The van der Waals surface area contributed by atoms with Gasteiger partial charge < -0.3 is 10.2 Å². The summed E-state index contributed by atoms with van der Waals surface area (Å²) in [4.78, 5) is 26.7. The summed E-state index contributed by atoms with van der Waals surface area (Å²) < 4.78 is 0. The fourth-order valence-corrected chi connectivity index (χ4v) is 3.21. The van der Waals surface area contributed by atoms with Crippen molar-refractivity contribution in [1.82, 2.24) is 0 Å². The number of nitrogens with zero attached hydrogens (tertiary/aromatic N) is 1. The number of hydrogen-bond donors (Lipinski definition) is 1. The molecule has 0 aliphatic carbocycles. The maximum atomic E-state index is 12.5. The molecule has 0 bridgehead atoms. The molecule has 1 aliphatic heterocycles. The lowest BCUT2D eigenvalue weighted by molar-refractivity contribution is 0.0994. The summed E-state index contributed by atoms with van der Waals surface area (Å²) in [7, 11) is 0. The van der Waals surface area contributed by atoms with Gasteiger partial charge in [-0.1, -0.05) is 36.4 Å². The molecule has 3 aromatic rings. The van der Waals surface area contributed by atoms with Crippen LogP contribution in [0.5, 0.6) is 0 Å². The lowest BCUT2D eigenvalue weighted by Gasteiger charge is -2.16. The Bertz CT molecular complexity index is 993. The third kappa shape index (κ3) is 2.86. The lowest BCUT2D eigenvalue weighted by Crippen LogP contribution is -2.23. The van der Waals surface area contributed by atoms with Gasteiger partial charge in [-0.3, -0.25) is 9.59 Å². The van der Waals surface area contributed by atoms with Gasteiger partial charge >= 0.3 is 0 Å². The van der Waals surface area contributed by atoms with Crippen molar-refractivity contribution in [3.8, 4) is 0 Å². The maximum absolute atomic E-state index is 12.5. The van der Waals surface area contributed by atoms with Gasteiger partial charge in [0.25, 0.3) is 11.8 Å². The van der Waals surface area contributed by atoms with Crippen molar-refractivity contribution in [3.05, 3.63) is 95.1 Å². The van der Waals surface area contributed by atoms with Crippen molar-refractivity contribution < 1.29 is 9.59 Å². The largest absolute Gasteiger partial charge is 0.322 e. The molecule has 1 heterocycles. The number of benzene rings is 3. The third-order valence-corrected chi connectivity index (χ3v) is 4.65. The topological polar surface area (TPSA) is 49.4 Å². The van der Waals surface area contributed by atoms with E-state index in [-0.39, 0.29) is 11.8 Å². The van der Waals surface area contributed by atoms with E-state index < -0.39 is 0 Å². The average molecular weight is 342 g/mol. The van der Waals surface area contributed by atoms with Gasteiger partial charge in [0.2, 0.25) is 0 Å². The highest BCUT2D eigenvalue weighted by molar-refractivity contribution is 6.10. The second-order valence-corrected chi connectivity index (χ2v) is 6.36. The van der Waals surface area contributed by atoms with Gasteiger partial charge in [-0.2, -0.15) is 0 Å². The monoisotopic (exact) mass is 342 g/mol. The third-order valence-electron chi connectivity index (χ3n) is 4.65. The normalized spacial score (nSPS) is 12.8. The number of carbonyl (C=O) groups excluding carboxylic acids is 2. The molecule has 0 spiro atoms. The van der Waals surface area contributed by atoms with Crippen LogP contribution < -0.4 is 10.2 Å². The van der Waals surface area contributed by atoms with Crippen molar-refractivity contribution in [2.75, 3.05) is 10.2 Å². The van der Waals surface area contributed by atoms with Crippen molar-refractivity contribution >= 4 is 23.2 Å². The van der Waals surface area contributed by atoms with E-state index in [2.05, 4.69) is 5.32 Å². The van der Waals surface area contributed by atoms with E-state index in [1.165, 1.54) is 0 Å². The Morgan fingerprint density at radius 1 is 0.923 bits per heavy atom. The first-order chi connectivity index (χ1) is 12.6. The van der Waals surface area contributed by atoms with Gasteiger partial charge in [-0.25, -0.2) is 0 Å². The summed E-state index contributed by atoms with van der Waals surface area (Å²) in [6, 6.07) is 22.5. The van der Waals surface area contributed by atoms with E-state index in [1.54, 1.807) is 11.0 Å². The lowest BCUT2D eigenvalue weighted by atomic mass is 10.1. The first-order valence-electron chi connectivity index (χ1n) is 8.50. The smallest absolute Gasteiger partial charge is 0.258 e. The zero-order valence-corrected chi connectivity index (χ0v) is 14.4. The first-order valence-corrected chi connectivity index (χ1v) is 8.50. The van der Waals surface area contributed by atoms with Gasteiger partial charge in [-0.05, 0) is 54.4 Å². The molecular weight excluding hydrogens is 324 g/mol. The van der Waals surface area contributed by atoms with Crippen molar-refractivity contribution in [2.45, 2.75) is 13.5 Å². The highest BCUT2D eigenvalue weighted by atomic mass is 16.2. The maximum Gasteiger partial charge on any atom is 0.258 e. The SMILES string of the molecule is Cc1ccccc1C(=O)Nc1ccc(N2Cc3ccccc3C2=O)cc1. The van der Waals surface area contributed by atoms with Gasteiger partial charge in [0.1, 0.15) is 0 Å². The van der Waals surface area contributed by atoms with Crippen LogP contribution >= 0.6 is 0 Å². The minimum absolute atomic E-state index is 0.0114. The van der Waals surface area contributed by atoms with Crippen LogP contribution in [0.25, 0.3) is 0 Å². The highest BCUT2D eigenvalue weighted by Gasteiger charge is 2.27. The molecule has 0 aromatic heterocycles. The van der Waals surface area contributed by atoms with Crippen LogP contribution in [0.2, 0.25) is 0 Å². The Hall–Kier alpha value is -3.40. The molecule has 0 radical (unpaired) electrons. The van der Waals surface area contributed by atoms with Crippen LogP contribution in [0, 0.1) is 6.92 Å². The zero-order chi connectivity index (χ0) is 18.1. The van der Waals surface area contributed by atoms with E-state index in [1.807, 2.05) is 73.7 Å². The van der Waals surface area contributed by atoms with E-state index in [0.29, 0.717) is 17.8 Å². The van der Waals surface area contributed by atoms with Crippen LogP contribution in [0.15, 0.2) is 72.8 Å². The van der Waals surface area contributed by atoms with Gasteiger partial charge in [0.05, 0.1) is 6.54 Å². The second-order valence-electron chi connectivity index (χ2n) is 6.36. The Kier molecular flexibility index (Phi) is 4.01. The van der Waals surface area contributed by atoms with E-state index in [9.17, 15) is 9.59 Å². The van der Waals surface area contributed by atoms with E-state index >= 15 is 0 Å². The number of carbonyl (C=O) groups is 2. The Morgan fingerprint density at radius 2 is 1.62 bits per heavy atom. The van der Waals surface area contributed by atoms with Gasteiger partial charge in [-0.15, -0.1) is 0 Å². The van der Waals surface area contributed by atoms with Crippen LogP contribution in [-0.2, 0) is 6.54 Å². The molecule has 0 saturated heterocycles. The van der Waals surface area contributed by atoms with Crippen molar-refractivity contribution in [3.63, 3.8) is 0 Å². The van der Waals surface area contributed by atoms with Crippen LogP contribution in [0.3, 0.4) is 0 Å². The number of aryl methyl sites for hydroxylation is 1. The predicted molar refractivity (Wildman–Crippen MR) is 103 cm³/mol. The Balaban J connectivity index is 1.51. The fourth-order valence-electron chi connectivity index (χ4n) is 3.21. The minimum atomic E-state index is -0.138. The molecule has 0 fully saturated rings. The first kappa shape index (κ1) is 16.1. The number of nitrogens with one attached hydrogen (secondary N) is 1. The molecule has 4 heteroatoms. The van der Waals surface area contributed by atoms with Crippen molar-refractivity contribution in [2.24, 2.45) is 0 Å². The Labute approximate surface area is 152 Å². The summed E-state index contributed by atoms with van der Waals surface area (Å²) in [5.41, 5.74) is 4.90. The number of anilines is 2. The molecule has 3 aromatic carbocycles. The predicted octanol–water partition coefficient (Wildman–Crippen LogP) is 4.41. The van der Waals surface area contributed by atoms with Crippen LogP contribution in [-0.4, -0.2) is 11.8 Å². The molecule has 2 amide bonds. The molecule has 1 N–H and O–H groups in total. The van der Waals surface area contributed by atoms with E-state index in [0.717, 1.165) is 22.4 Å². The molecule has 0 saturated carbocycles. The molecule has 0 atom stereocenters. The quantitative estimate of drug-likeness (QED) is 0.766. The fraction of sp³-hybridized carbons (Fsp3) is 0.0909. The standard InChI is InChI=1S/C22H18N2O2/c1-15-6-2-4-8-19(15)21(25)23-17-10-12-18(13-11-17)24-14-16-7-3-5-9-20(16)22(24)26/h2-13H,14H2,1H3,(H,23,25). The molecular formula is C22H18N2O2. The van der Waals surface area contributed by atoms with Gasteiger partial charge in [0.15, 0.2) is 0 Å². The Morgan fingerprint density at radius 3 is 2.35 bits per heavy atom. The number of amides is 2. The van der Waals surface area contributed by atoms with E-state index in [4.69, 9.17) is 0 Å². The number of fused-ring (bicyclic) bond motifs is 1. The van der Waals surface area contributed by atoms with Crippen LogP contribution in [0.4, 0.5) is 11.4 Å². The van der Waals surface area contributed by atoms with Crippen LogP contribution in [0.1, 0.15) is 31.8 Å². The summed E-state index contributed by atoms with van der Waals surface area (Å²) >= 11 is 0. The minimum Gasteiger partial charge on any atom is -0.322 e. The number of rotatable bonds is 3. The second kappa shape index (κ2) is 6.48. The highest BCUT2D eigenvalue weighted by Crippen LogP contribution is 2.29. The molecule has 4 rings (SSSR count). The molecule has 26 heavy (non-hydrogen) atoms. The molecule has 0 unspecified atom stereocenters.